The van der Waals surface area contributed by atoms with E-state index in [0.29, 0.717) is 6.42 Å². The van der Waals surface area contributed by atoms with E-state index in [1.54, 1.807) is 12.3 Å². The summed E-state index contributed by atoms with van der Waals surface area (Å²) in [6, 6.07) is 1.48. The molecule has 0 saturated heterocycles. The van der Waals surface area contributed by atoms with Crippen LogP contribution in [0.1, 0.15) is 12.5 Å². The second kappa shape index (κ2) is 4.23. The molecule has 0 amide bonds. The second-order valence-corrected chi connectivity index (χ2v) is 4.13. The summed E-state index contributed by atoms with van der Waals surface area (Å²) >= 11 is 0. The molecule has 6 nitrogen and oxygen atoms in total. The van der Waals surface area contributed by atoms with Crippen molar-refractivity contribution < 1.29 is 10.2 Å². The number of nitrogens with zero attached hydrogens (tertiary/aromatic N) is 2. The highest BCUT2D eigenvalue weighted by Gasteiger charge is 2.41. The highest BCUT2D eigenvalue weighted by molar-refractivity contribution is 5.23. The van der Waals surface area contributed by atoms with Crippen LogP contribution in [0.2, 0.25) is 0 Å². The van der Waals surface area contributed by atoms with Gasteiger partial charge in [0, 0.05) is 31.4 Å². The maximum Gasteiger partial charge on any atom is 0.349 e. The van der Waals surface area contributed by atoms with Crippen LogP contribution in [0.25, 0.3) is 0 Å². The molecule has 6 heteroatoms. The summed E-state index contributed by atoms with van der Waals surface area (Å²) in [7, 11) is 0. The van der Waals surface area contributed by atoms with Gasteiger partial charge in [0.1, 0.15) is 5.82 Å². The van der Waals surface area contributed by atoms with Gasteiger partial charge in [-0.2, -0.15) is 4.98 Å². The van der Waals surface area contributed by atoms with E-state index < -0.39 is 5.69 Å². The van der Waals surface area contributed by atoms with Crippen molar-refractivity contribution in [2.24, 2.45) is 11.8 Å². The highest BCUT2D eigenvalue weighted by atomic mass is 16.3. The van der Waals surface area contributed by atoms with Gasteiger partial charge in [0.25, 0.3) is 0 Å². The molecule has 0 bridgehead atoms. The van der Waals surface area contributed by atoms with Gasteiger partial charge >= 0.3 is 5.69 Å². The van der Waals surface area contributed by atoms with E-state index in [0.717, 1.165) is 0 Å². The SMILES string of the molecule is Nc1ccn([C@H]2C[C@@H](CO)[C@@H]2CO)c(=O)n1. The molecule has 0 unspecified atom stereocenters. The first-order valence-corrected chi connectivity index (χ1v) is 5.23. The van der Waals surface area contributed by atoms with Crippen molar-refractivity contribution in [2.45, 2.75) is 12.5 Å². The van der Waals surface area contributed by atoms with Crippen molar-refractivity contribution >= 4 is 5.82 Å². The van der Waals surface area contributed by atoms with E-state index >= 15 is 0 Å². The van der Waals surface area contributed by atoms with Crippen LogP contribution in [0.15, 0.2) is 17.1 Å². The van der Waals surface area contributed by atoms with Crippen LogP contribution >= 0.6 is 0 Å². The number of hydrogen-bond acceptors (Lipinski definition) is 5. The van der Waals surface area contributed by atoms with Crippen LogP contribution in [0.5, 0.6) is 0 Å². The van der Waals surface area contributed by atoms with Crippen LogP contribution < -0.4 is 11.4 Å². The number of hydrogen-bond donors (Lipinski definition) is 3. The van der Waals surface area contributed by atoms with Gasteiger partial charge in [0.15, 0.2) is 0 Å². The molecule has 1 aliphatic rings. The molecule has 88 valence electrons. The van der Waals surface area contributed by atoms with E-state index in [9.17, 15) is 9.90 Å². The van der Waals surface area contributed by atoms with Crippen LogP contribution in [0.4, 0.5) is 5.82 Å². The summed E-state index contributed by atoms with van der Waals surface area (Å²) in [6.45, 7) is 0.00554. The molecule has 0 aliphatic heterocycles. The summed E-state index contributed by atoms with van der Waals surface area (Å²) in [6.07, 6.45) is 2.28. The van der Waals surface area contributed by atoms with Crippen molar-refractivity contribution in [3.05, 3.63) is 22.7 Å². The van der Waals surface area contributed by atoms with Gasteiger partial charge < -0.3 is 15.9 Å². The Balaban J connectivity index is 2.23. The molecule has 1 fully saturated rings. The minimum Gasteiger partial charge on any atom is -0.396 e. The normalized spacial score (nSPS) is 28.8. The van der Waals surface area contributed by atoms with E-state index in [1.165, 1.54) is 4.57 Å². The molecule has 0 spiro atoms. The van der Waals surface area contributed by atoms with Gasteiger partial charge in [-0.3, -0.25) is 4.57 Å². The maximum absolute atomic E-state index is 11.6. The molecule has 2 rings (SSSR count). The Morgan fingerprint density at radius 3 is 2.81 bits per heavy atom. The first-order valence-electron chi connectivity index (χ1n) is 5.23. The highest BCUT2D eigenvalue weighted by Crippen LogP contribution is 2.42. The Bertz CT molecular complexity index is 432. The monoisotopic (exact) mass is 225 g/mol. The second-order valence-electron chi connectivity index (χ2n) is 4.13. The molecule has 1 aromatic heterocycles. The standard InChI is InChI=1S/C10H15N3O3/c11-9-1-2-13(10(16)12-9)8-3-6(4-14)7(8)5-15/h1-2,6-8,14-15H,3-5H2,(H2,11,12,16)/t6-,7-,8-/m0/s1. The molecule has 3 atom stereocenters. The van der Waals surface area contributed by atoms with E-state index in [-0.39, 0.29) is 36.9 Å². The lowest BCUT2D eigenvalue weighted by Gasteiger charge is -2.43. The summed E-state index contributed by atoms with van der Waals surface area (Å²) in [4.78, 5) is 15.2. The average molecular weight is 225 g/mol. The maximum atomic E-state index is 11.6. The Kier molecular flexibility index (Phi) is 2.93. The van der Waals surface area contributed by atoms with E-state index in [4.69, 9.17) is 10.8 Å². The number of anilines is 1. The lowest BCUT2D eigenvalue weighted by Crippen LogP contribution is -2.46. The van der Waals surface area contributed by atoms with Gasteiger partial charge in [-0.15, -0.1) is 0 Å². The summed E-state index contributed by atoms with van der Waals surface area (Å²) in [5.74, 6) is 0.187. The minimum absolute atomic E-state index is 0.0350. The predicted molar refractivity (Wildman–Crippen MR) is 57.7 cm³/mol. The molecule has 1 saturated carbocycles. The van der Waals surface area contributed by atoms with Gasteiger partial charge in [-0.25, -0.2) is 4.79 Å². The van der Waals surface area contributed by atoms with Crippen LogP contribution in [-0.2, 0) is 0 Å². The molecule has 0 radical (unpaired) electrons. The summed E-state index contributed by atoms with van der Waals surface area (Å²) in [5.41, 5.74) is 4.99. The van der Waals surface area contributed by atoms with E-state index in [2.05, 4.69) is 4.98 Å². The van der Waals surface area contributed by atoms with Crippen LogP contribution in [0, 0.1) is 11.8 Å². The molecule has 1 aromatic rings. The third-order valence-corrected chi connectivity index (χ3v) is 3.30. The zero-order chi connectivity index (χ0) is 11.7. The Morgan fingerprint density at radius 1 is 1.50 bits per heavy atom. The van der Waals surface area contributed by atoms with E-state index in [1.807, 2.05) is 0 Å². The molecular weight excluding hydrogens is 210 g/mol. The molecular formula is C10H15N3O3. The fraction of sp³-hybridized carbons (Fsp3) is 0.600. The first-order chi connectivity index (χ1) is 7.67. The Labute approximate surface area is 92.4 Å². The van der Waals surface area contributed by atoms with Gasteiger partial charge in [-0.05, 0) is 18.4 Å². The van der Waals surface area contributed by atoms with Gasteiger partial charge in [0.05, 0.1) is 0 Å². The average Bonchev–Trinajstić information content (AvgIpc) is 2.21. The zero-order valence-corrected chi connectivity index (χ0v) is 8.78. The minimum atomic E-state index is -0.403. The van der Waals surface area contributed by atoms with Gasteiger partial charge in [0.2, 0.25) is 0 Å². The quantitative estimate of drug-likeness (QED) is 0.611. The zero-order valence-electron chi connectivity index (χ0n) is 8.78. The number of aliphatic hydroxyl groups excluding tert-OH is 2. The van der Waals surface area contributed by atoms with Gasteiger partial charge in [-0.1, -0.05) is 0 Å². The lowest BCUT2D eigenvalue weighted by molar-refractivity contribution is -0.00865. The smallest absolute Gasteiger partial charge is 0.349 e. The van der Waals surface area contributed by atoms with Crippen LogP contribution in [-0.4, -0.2) is 33.0 Å². The molecule has 1 aliphatic carbocycles. The lowest BCUT2D eigenvalue weighted by atomic mass is 9.70. The number of aliphatic hydroxyl groups is 2. The Morgan fingerprint density at radius 2 is 2.25 bits per heavy atom. The molecule has 4 N–H and O–H groups in total. The fourth-order valence-electron chi connectivity index (χ4n) is 2.26. The van der Waals surface area contributed by atoms with Crippen molar-refractivity contribution in [2.75, 3.05) is 18.9 Å². The number of nitrogens with two attached hydrogens (primary N) is 1. The van der Waals surface area contributed by atoms with Crippen LogP contribution in [0.3, 0.4) is 0 Å². The molecule has 1 heterocycles. The fourth-order valence-corrected chi connectivity index (χ4v) is 2.26. The van der Waals surface area contributed by atoms with Crippen molar-refractivity contribution in [3.8, 4) is 0 Å². The largest absolute Gasteiger partial charge is 0.396 e. The summed E-state index contributed by atoms with van der Waals surface area (Å²) < 4.78 is 1.48. The summed E-state index contributed by atoms with van der Waals surface area (Å²) in [5, 5.41) is 18.2. The number of nitrogen functional groups attached to an aromatic ring is 1. The predicted octanol–water partition coefficient (Wildman–Crippen LogP) is -1.01. The third kappa shape index (κ3) is 1.70. The van der Waals surface area contributed by atoms with Crippen molar-refractivity contribution in [1.82, 2.24) is 9.55 Å². The molecule has 0 aromatic carbocycles. The number of aromatic nitrogens is 2. The Hall–Kier alpha value is -1.40. The van der Waals surface area contributed by atoms with Crippen molar-refractivity contribution in [3.63, 3.8) is 0 Å². The first kappa shape index (κ1) is 11.1. The molecule has 16 heavy (non-hydrogen) atoms. The topological polar surface area (TPSA) is 101 Å². The third-order valence-electron chi connectivity index (χ3n) is 3.30. The van der Waals surface area contributed by atoms with Crippen molar-refractivity contribution in [1.29, 1.82) is 0 Å². The number of rotatable bonds is 3.